The van der Waals surface area contributed by atoms with Crippen LogP contribution >= 0.6 is 0 Å². The van der Waals surface area contributed by atoms with Crippen LogP contribution in [0.5, 0.6) is 0 Å². The van der Waals surface area contributed by atoms with Crippen molar-refractivity contribution in [3.63, 3.8) is 0 Å². The summed E-state index contributed by atoms with van der Waals surface area (Å²) in [4.78, 5) is 27.8. The van der Waals surface area contributed by atoms with Crippen LogP contribution in [0.1, 0.15) is 25.8 Å². The maximum Gasteiger partial charge on any atom is 0.304 e. The average molecular weight is 475 g/mol. The van der Waals surface area contributed by atoms with Gasteiger partial charge in [0.15, 0.2) is 0 Å². The van der Waals surface area contributed by atoms with Gasteiger partial charge in [-0.2, -0.15) is 12.7 Å². The minimum Gasteiger partial charge on any atom is -0.355 e. The van der Waals surface area contributed by atoms with Crippen molar-refractivity contribution in [1.82, 2.24) is 14.5 Å². The summed E-state index contributed by atoms with van der Waals surface area (Å²) in [5, 5.41) is 2.79. The molecule has 33 heavy (non-hydrogen) atoms. The van der Waals surface area contributed by atoms with Crippen molar-refractivity contribution in [2.24, 2.45) is 0 Å². The molecular weight excluding hydrogens is 440 g/mol. The predicted molar refractivity (Wildman–Crippen MR) is 131 cm³/mol. The first-order valence-electron chi connectivity index (χ1n) is 11.1. The molecule has 0 bridgehead atoms. The Labute approximate surface area is 197 Å². The molecule has 0 saturated carbocycles. The molecule has 9 heteroatoms. The van der Waals surface area contributed by atoms with E-state index in [1.165, 1.54) is 19.0 Å². The molecule has 0 fully saturated rings. The Bertz CT molecular complexity index is 998. The summed E-state index contributed by atoms with van der Waals surface area (Å²) >= 11 is 0. The van der Waals surface area contributed by atoms with Gasteiger partial charge in [0.05, 0.1) is 5.69 Å². The molecule has 2 aromatic carbocycles. The third kappa shape index (κ3) is 7.03. The standard InChI is InChI=1S/C24H34N4O4S/c1-5-22(24(30)25-6-2)27(18-17-20-13-9-7-10-14-20)23(29)19-28(33(31,32)26(3)4)21-15-11-8-12-16-21/h7-16,22H,5-6,17-19H2,1-4H3,(H,25,30)/t22-/m0/s1. The maximum atomic E-state index is 13.5. The Kier molecular flexibility index (Phi) is 9.87. The number of amides is 2. The fraction of sp³-hybridized carbons (Fsp3) is 0.417. The summed E-state index contributed by atoms with van der Waals surface area (Å²) in [5.74, 6) is -0.679. The second-order valence-corrected chi connectivity index (χ2v) is 9.84. The zero-order valence-corrected chi connectivity index (χ0v) is 20.6. The molecule has 0 aliphatic heterocycles. The fourth-order valence-electron chi connectivity index (χ4n) is 3.50. The lowest BCUT2D eigenvalue weighted by Gasteiger charge is -2.33. The number of para-hydroxylation sites is 1. The van der Waals surface area contributed by atoms with Gasteiger partial charge in [0.1, 0.15) is 12.6 Å². The first-order valence-corrected chi connectivity index (χ1v) is 12.5. The number of hydrogen-bond donors (Lipinski definition) is 1. The van der Waals surface area contributed by atoms with Gasteiger partial charge in [0.2, 0.25) is 11.8 Å². The average Bonchev–Trinajstić information content (AvgIpc) is 2.81. The van der Waals surface area contributed by atoms with Gasteiger partial charge in [0.25, 0.3) is 0 Å². The molecule has 2 amide bonds. The third-order valence-electron chi connectivity index (χ3n) is 5.28. The van der Waals surface area contributed by atoms with E-state index in [-0.39, 0.29) is 5.91 Å². The van der Waals surface area contributed by atoms with Gasteiger partial charge in [-0.15, -0.1) is 0 Å². The summed E-state index contributed by atoms with van der Waals surface area (Å²) in [6.07, 6.45) is 0.965. The number of likely N-dealkylation sites (N-methyl/N-ethyl adjacent to an activating group) is 1. The molecule has 1 N–H and O–H groups in total. The molecule has 0 unspecified atom stereocenters. The monoisotopic (exact) mass is 474 g/mol. The van der Waals surface area contributed by atoms with Gasteiger partial charge < -0.3 is 10.2 Å². The minimum atomic E-state index is -3.93. The van der Waals surface area contributed by atoms with Gasteiger partial charge >= 0.3 is 10.2 Å². The topological polar surface area (TPSA) is 90.0 Å². The van der Waals surface area contributed by atoms with Crippen LogP contribution < -0.4 is 9.62 Å². The second-order valence-electron chi connectivity index (χ2n) is 7.77. The van der Waals surface area contributed by atoms with Crippen LogP contribution in [0.15, 0.2) is 60.7 Å². The quantitative estimate of drug-likeness (QED) is 0.511. The zero-order chi connectivity index (χ0) is 24.4. The highest BCUT2D eigenvalue weighted by Gasteiger charge is 2.33. The highest BCUT2D eigenvalue weighted by molar-refractivity contribution is 7.90. The van der Waals surface area contributed by atoms with Crippen LogP contribution in [0.25, 0.3) is 0 Å². The molecule has 0 aliphatic rings. The van der Waals surface area contributed by atoms with Crippen LogP contribution in [0.3, 0.4) is 0 Å². The molecule has 2 aromatic rings. The lowest BCUT2D eigenvalue weighted by molar-refractivity contribution is -0.139. The van der Waals surface area contributed by atoms with E-state index in [1.54, 1.807) is 30.3 Å². The smallest absolute Gasteiger partial charge is 0.304 e. The number of nitrogens with zero attached hydrogens (tertiary/aromatic N) is 3. The first kappa shape index (κ1) is 26.3. The number of rotatable bonds is 12. The highest BCUT2D eigenvalue weighted by Crippen LogP contribution is 2.20. The second kappa shape index (κ2) is 12.4. The zero-order valence-electron chi connectivity index (χ0n) is 19.8. The van der Waals surface area contributed by atoms with E-state index in [2.05, 4.69) is 5.32 Å². The van der Waals surface area contributed by atoms with Gasteiger partial charge in [-0.1, -0.05) is 55.5 Å². The van der Waals surface area contributed by atoms with Gasteiger partial charge in [0, 0.05) is 27.2 Å². The van der Waals surface area contributed by atoms with E-state index < -0.39 is 28.7 Å². The number of carbonyl (C=O) groups is 2. The van der Waals surface area contributed by atoms with Crippen molar-refractivity contribution in [2.45, 2.75) is 32.7 Å². The van der Waals surface area contributed by atoms with Gasteiger partial charge in [-0.25, -0.2) is 4.31 Å². The Morgan fingerprint density at radius 3 is 2.03 bits per heavy atom. The molecule has 2 rings (SSSR count). The number of carbonyl (C=O) groups excluding carboxylic acids is 2. The van der Waals surface area contributed by atoms with E-state index in [4.69, 9.17) is 0 Å². The molecule has 0 spiro atoms. The largest absolute Gasteiger partial charge is 0.355 e. The van der Waals surface area contributed by atoms with E-state index in [0.29, 0.717) is 31.6 Å². The van der Waals surface area contributed by atoms with E-state index in [1.807, 2.05) is 44.2 Å². The first-order chi connectivity index (χ1) is 15.7. The van der Waals surface area contributed by atoms with Gasteiger partial charge in [-0.05, 0) is 37.5 Å². The molecular formula is C24H34N4O4S. The summed E-state index contributed by atoms with van der Waals surface area (Å²) in [5.41, 5.74) is 1.41. The summed E-state index contributed by atoms with van der Waals surface area (Å²) in [7, 11) is -1.09. The number of benzene rings is 2. The number of anilines is 1. The highest BCUT2D eigenvalue weighted by atomic mass is 32.2. The van der Waals surface area contributed by atoms with Crippen LogP contribution in [0.4, 0.5) is 5.69 Å². The van der Waals surface area contributed by atoms with E-state index >= 15 is 0 Å². The molecule has 0 heterocycles. The van der Waals surface area contributed by atoms with E-state index in [0.717, 1.165) is 14.2 Å². The molecule has 180 valence electrons. The molecule has 0 aromatic heterocycles. The molecule has 0 aliphatic carbocycles. The summed E-state index contributed by atoms with van der Waals surface area (Å²) in [6.45, 7) is 4.00. The normalized spacial score (nSPS) is 12.3. The molecule has 1 atom stereocenters. The molecule has 8 nitrogen and oxygen atoms in total. The lowest BCUT2D eigenvalue weighted by atomic mass is 10.1. The maximum absolute atomic E-state index is 13.5. The third-order valence-corrected chi connectivity index (χ3v) is 7.10. The van der Waals surface area contributed by atoms with Crippen molar-refractivity contribution in [2.75, 3.05) is 38.0 Å². The Balaban J connectivity index is 2.38. The van der Waals surface area contributed by atoms with Crippen molar-refractivity contribution in [3.8, 4) is 0 Å². The van der Waals surface area contributed by atoms with Crippen molar-refractivity contribution in [3.05, 3.63) is 66.2 Å². The van der Waals surface area contributed by atoms with Crippen molar-refractivity contribution in [1.29, 1.82) is 0 Å². The fourth-order valence-corrected chi connectivity index (χ4v) is 4.56. The van der Waals surface area contributed by atoms with Crippen molar-refractivity contribution >= 4 is 27.7 Å². The predicted octanol–water partition coefficient (Wildman–Crippen LogP) is 2.29. The summed E-state index contributed by atoms with van der Waals surface area (Å²) in [6, 6.07) is 17.5. The Morgan fingerprint density at radius 2 is 1.52 bits per heavy atom. The van der Waals surface area contributed by atoms with Gasteiger partial charge in [-0.3, -0.25) is 9.59 Å². The Hall–Kier alpha value is -2.91. The van der Waals surface area contributed by atoms with Crippen LogP contribution in [-0.2, 0) is 26.2 Å². The number of hydrogen-bond acceptors (Lipinski definition) is 4. The SMILES string of the molecule is CCNC(=O)[C@H](CC)N(CCc1ccccc1)C(=O)CN(c1ccccc1)S(=O)(=O)N(C)C. The summed E-state index contributed by atoms with van der Waals surface area (Å²) < 4.78 is 28.2. The van der Waals surface area contributed by atoms with Crippen LogP contribution in [-0.4, -0.2) is 69.2 Å². The van der Waals surface area contributed by atoms with E-state index in [9.17, 15) is 18.0 Å². The Morgan fingerprint density at radius 1 is 0.939 bits per heavy atom. The van der Waals surface area contributed by atoms with Crippen LogP contribution in [0, 0.1) is 0 Å². The van der Waals surface area contributed by atoms with Crippen LogP contribution in [0.2, 0.25) is 0 Å². The van der Waals surface area contributed by atoms with Crippen molar-refractivity contribution < 1.29 is 18.0 Å². The molecule has 0 saturated heterocycles. The lowest BCUT2D eigenvalue weighted by Crippen LogP contribution is -2.54. The molecule has 0 radical (unpaired) electrons. The minimum absolute atomic E-state index is 0.247. The number of nitrogens with one attached hydrogen (secondary N) is 1.